The van der Waals surface area contributed by atoms with Crippen LogP contribution in [0.5, 0.6) is 0 Å². The summed E-state index contributed by atoms with van der Waals surface area (Å²) in [5, 5.41) is 0. The van der Waals surface area contributed by atoms with Crippen LogP contribution in [0.3, 0.4) is 0 Å². The van der Waals surface area contributed by atoms with Crippen molar-refractivity contribution in [2.45, 2.75) is 39.2 Å². The molecule has 0 aromatic rings. The van der Waals surface area contributed by atoms with E-state index >= 15 is 0 Å². The van der Waals surface area contributed by atoms with Crippen molar-refractivity contribution in [1.29, 1.82) is 0 Å². The molecule has 4 heteroatoms. The average Bonchev–Trinajstić information content (AvgIpc) is 2.69. The van der Waals surface area contributed by atoms with Gasteiger partial charge in [0.2, 0.25) is 0 Å². The van der Waals surface area contributed by atoms with Gasteiger partial charge in [0.05, 0.1) is 6.33 Å². The monoisotopic (exact) mass is 245 g/mol. The fraction of sp³-hybridized carbons (Fsp3) is 0.692. The first kappa shape index (κ1) is 12.7. The van der Waals surface area contributed by atoms with Gasteiger partial charge in [0.25, 0.3) is 6.08 Å². The van der Waals surface area contributed by atoms with E-state index in [1.54, 1.807) is 0 Å². The second-order valence-electron chi connectivity index (χ2n) is 6.12. The van der Waals surface area contributed by atoms with Crippen molar-refractivity contribution in [3.05, 3.63) is 23.6 Å². The zero-order chi connectivity index (χ0) is 12.8. The lowest BCUT2D eigenvalue weighted by Gasteiger charge is -2.43. The van der Waals surface area contributed by atoms with Crippen LogP contribution in [0.2, 0.25) is 0 Å². The first-order chi connectivity index (χ1) is 7.80. The number of hydrogen-bond acceptors (Lipinski definition) is 1. The minimum absolute atomic E-state index is 0.144. The van der Waals surface area contributed by atoms with E-state index in [1.807, 2.05) is 25.7 Å². The van der Waals surface area contributed by atoms with Crippen molar-refractivity contribution in [3.8, 4) is 0 Å². The van der Waals surface area contributed by atoms with Gasteiger partial charge < -0.3 is 0 Å². The second-order valence-corrected chi connectivity index (χ2v) is 6.12. The molecule has 17 heavy (non-hydrogen) atoms. The van der Waals surface area contributed by atoms with Crippen molar-refractivity contribution in [2.75, 3.05) is 13.1 Å². The number of hydrogen-bond donors (Lipinski definition) is 0. The van der Waals surface area contributed by atoms with E-state index in [9.17, 15) is 13.2 Å². The maximum atomic E-state index is 12.7. The van der Waals surface area contributed by atoms with E-state index in [-0.39, 0.29) is 23.1 Å². The molecule has 96 valence electrons. The van der Waals surface area contributed by atoms with Gasteiger partial charge in [-0.15, -0.1) is 0 Å². The van der Waals surface area contributed by atoms with Crippen LogP contribution in [-0.2, 0) is 0 Å². The molecule has 0 bridgehead atoms. The van der Waals surface area contributed by atoms with Gasteiger partial charge in [-0.2, -0.15) is 8.78 Å². The molecule has 2 saturated heterocycles. The van der Waals surface area contributed by atoms with Crippen molar-refractivity contribution in [2.24, 2.45) is 5.41 Å². The smallest absolute Gasteiger partial charge is 0.270 e. The molecule has 0 amide bonds. The van der Waals surface area contributed by atoms with Gasteiger partial charge in [0.15, 0.2) is 0 Å². The summed E-state index contributed by atoms with van der Waals surface area (Å²) in [6.45, 7) is 6.88. The zero-order valence-electron chi connectivity index (χ0n) is 10.5. The highest BCUT2D eigenvalue weighted by molar-refractivity contribution is 5.30. The quantitative estimate of drug-likeness (QED) is 0.626. The lowest BCUT2D eigenvalue weighted by molar-refractivity contribution is 0.0645. The highest BCUT2D eigenvalue weighted by atomic mass is 19.3. The Bertz CT molecular complexity index is 388. The third-order valence-electron chi connectivity index (χ3n) is 4.22. The van der Waals surface area contributed by atoms with Gasteiger partial charge in [0, 0.05) is 24.2 Å². The SMILES string of the molecule is CC(C)(C)C12CC(=C(F)F)CN1C/C(=C\F)C2. The molecule has 2 rings (SSSR count). The summed E-state index contributed by atoms with van der Waals surface area (Å²) in [6, 6.07) is 0. The summed E-state index contributed by atoms with van der Waals surface area (Å²) >= 11 is 0. The third kappa shape index (κ3) is 1.82. The molecule has 0 aromatic heterocycles. The Hall–Kier alpha value is -0.770. The molecule has 0 aromatic carbocycles. The van der Waals surface area contributed by atoms with Crippen molar-refractivity contribution in [1.82, 2.24) is 4.90 Å². The van der Waals surface area contributed by atoms with Crippen LogP contribution < -0.4 is 0 Å². The first-order valence-electron chi connectivity index (χ1n) is 5.86. The Morgan fingerprint density at radius 1 is 1.24 bits per heavy atom. The molecule has 2 aliphatic heterocycles. The molecule has 2 heterocycles. The minimum atomic E-state index is -1.56. The Balaban J connectivity index is 2.40. The molecule has 0 radical (unpaired) electrons. The Morgan fingerprint density at radius 2 is 1.88 bits per heavy atom. The third-order valence-corrected chi connectivity index (χ3v) is 4.22. The molecule has 0 spiro atoms. The van der Waals surface area contributed by atoms with E-state index in [1.165, 1.54) is 0 Å². The van der Waals surface area contributed by atoms with Gasteiger partial charge in [-0.1, -0.05) is 20.8 Å². The average molecular weight is 245 g/mol. The van der Waals surface area contributed by atoms with E-state index < -0.39 is 6.08 Å². The van der Waals surface area contributed by atoms with Crippen LogP contribution in [0.4, 0.5) is 13.2 Å². The molecule has 2 aliphatic rings. The maximum absolute atomic E-state index is 12.7. The van der Waals surface area contributed by atoms with Gasteiger partial charge in [-0.05, 0) is 23.8 Å². The Morgan fingerprint density at radius 3 is 2.29 bits per heavy atom. The zero-order valence-corrected chi connectivity index (χ0v) is 10.5. The first-order valence-corrected chi connectivity index (χ1v) is 5.86. The number of fused-ring (bicyclic) bond motifs is 1. The molecule has 2 fully saturated rings. The van der Waals surface area contributed by atoms with Gasteiger partial charge in [0.1, 0.15) is 0 Å². The van der Waals surface area contributed by atoms with Crippen LogP contribution >= 0.6 is 0 Å². The Labute approximate surface area is 100.0 Å². The summed E-state index contributed by atoms with van der Waals surface area (Å²) in [6.07, 6.45) is -0.00479. The minimum Gasteiger partial charge on any atom is -0.288 e. The lowest BCUT2D eigenvalue weighted by atomic mass is 9.70. The lowest BCUT2D eigenvalue weighted by Crippen LogP contribution is -2.48. The predicted octanol–water partition coefficient (Wildman–Crippen LogP) is 3.88. The molecule has 1 nitrogen and oxygen atoms in total. The van der Waals surface area contributed by atoms with Gasteiger partial charge >= 0.3 is 0 Å². The van der Waals surface area contributed by atoms with Crippen molar-refractivity contribution >= 4 is 0 Å². The second kappa shape index (κ2) is 3.87. The number of rotatable bonds is 0. The van der Waals surface area contributed by atoms with Crippen LogP contribution in [0.25, 0.3) is 0 Å². The normalized spacial score (nSPS) is 32.4. The summed E-state index contributed by atoms with van der Waals surface area (Å²) in [5.74, 6) is 0. The van der Waals surface area contributed by atoms with Crippen molar-refractivity contribution < 1.29 is 13.2 Å². The predicted molar refractivity (Wildman–Crippen MR) is 61.4 cm³/mol. The fourth-order valence-electron chi connectivity index (χ4n) is 3.16. The topological polar surface area (TPSA) is 3.24 Å². The summed E-state index contributed by atoms with van der Waals surface area (Å²) in [7, 11) is 0. The van der Waals surface area contributed by atoms with Gasteiger partial charge in [-0.3, -0.25) is 4.90 Å². The highest BCUT2D eigenvalue weighted by Gasteiger charge is 2.55. The molecular weight excluding hydrogens is 227 g/mol. The summed E-state index contributed by atoms with van der Waals surface area (Å²) in [4.78, 5) is 2.01. The van der Waals surface area contributed by atoms with Crippen LogP contribution in [-0.4, -0.2) is 23.5 Å². The highest BCUT2D eigenvalue weighted by Crippen LogP contribution is 2.53. The van der Waals surface area contributed by atoms with Gasteiger partial charge in [-0.25, -0.2) is 4.39 Å². The summed E-state index contributed by atoms with van der Waals surface area (Å²) in [5.41, 5.74) is 0.453. The van der Waals surface area contributed by atoms with Crippen molar-refractivity contribution in [3.63, 3.8) is 0 Å². The Kier molecular flexibility index (Phi) is 2.89. The molecule has 1 atom stereocenters. The van der Waals surface area contributed by atoms with E-state index in [4.69, 9.17) is 0 Å². The molecule has 0 aliphatic carbocycles. The van der Waals surface area contributed by atoms with E-state index in [2.05, 4.69) is 0 Å². The summed E-state index contributed by atoms with van der Waals surface area (Å²) < 4.78 is 38.2. The molecular formula is C13H18F3N. The molecule has 0 saturated carbocycles. The number of nitrogens with zero attached hydrogens (tertiary/aromatic N) is 1. The van der Waals surface area contributed by atoms with E-state index in [0.29, 0.717) is 25.7 Å². The fourth-order valence-corrected chi connectivity index (χ4v) is 3.16. The van der Waals surface area contributed by atoms with Crippen LogP contribution in [0.1, 0.15) is 33.6 Å². The van der Waals surface area contributed by atoms with E-state index in [0.717, 1.165) is 5.57 Å². The molecule has 0 N–H and O–H groups in total. The molecule has 1 unspecified atom stereocenters. The maximum Gasteiger partial charge on any atom is 0.270 e. The number of halogens is 3. The van der Waals surface area contributed by atoms with Crippen LogP contribution in [0, 0.1) is 5.41 Å². The standard InChI is InChI=1S/C13H18F3N/c1-12(2,3)13-4-9(6-14)7-17(13)8-10(5-13)11(15)16/h6H,4-5,7-8H2,1-3H3/b9-6-. The van der Waals surface area contributed by atoms with Crippen LogP contribution in [0.15, 0.2) is 23.6 Å². The largest absolute Gasteiger partial charge is 0.288 e.